The van der Waals surface area contributed by atoms with Gasteiger partial charge in [-0.3, -0.25) is 13.9 Å². The number of ether oxygens (including phenoxy) is 1. The Bertz CT molecular complexity index is 174. The topological polar surface area (TPSA) is 46.6 Å². The second kappa shape index (κ2) is 6.19. The van der Waals surface area contributed by atoms with E-state index >= 15 is 0 Å². The molecule has 0 aromatic heterocycles. The molecule has 0 fully saturated rings. The lowest BCUT2D eigenvalue weighted by Crippen LogP contribution is -2.29. The van der Waals surface area contributed by atoms with Gasteiger partial charge >= 0.3 is 5.97 Å². The second-order valence-electron chi connectivity index (χ2n) is 1.91. The van der Waals surface area contributed by atoms with Crippen LogP contribution >= 0.6 is 25.4 Å². The predicted octanol–water partition coefficient (Wildman–Crippen LogP) is 0.153. The van der Waals surface area contributed by atoms with Crippen molar-refractivity contribution in [3.05, 3.63) is 0 Å². The van der Waals surface area contributed by atoms with Gasteiger partial charge in [-0.05, 0) is 6.92 Å². The standard InChI is InChI=1S/C6H11NO3S2/c1-2-10-6(9)3-7(12)5(8)4-11/h11-12H,2-4H2,1H3. The molecular formula is C6H11NO3S2. The van der Waals surface area contributed by atoms with E-state index in [-0.39, 0.29) is 18.2 Å². The minimum atomic E-state index is -0.470. The molecule has 0 aromatic carbocycles. The first-order valence-corrected chi connectivity index (χ1v) is 4.40. The number of esters is 1. The first kappa shape index (κ1) is 11.6. The lowest BCUT2D eigenvalue weighted by molar-refractivity contribution is -0.145. The third-order valence-corrected chi connectivity index (χ3v) is 1.64. The van der Waals surface area contributed by atoms with Crippen molar-refractivity contribution in [2.24, 2.45) is 0 Å². The van der Waals surface area contributed by atoms with Crippen molar-refractivity contribution in [2.75, 3.05) is 18.9 Å². The fourth-order valence-corrected chi connectivity index (χ4v) is 0.967. The maximum Gasteiger partial charge on any atom is 0.326 e. The van der Waals surface area contributed by atoms with Gasteiger partial charge in [0.1, 0.15) is 6.54 Å². The van der Waals surface area contributed by atoms with Crippen molar-refractivity contribution < 1.29 is 14.3 Å². The first-order chi connectivity index (χ1) is 5.61. The Morgan fingerprint density at radius 2 is 2.08 bits per heavy atom. The number of carbonyl (C=O) groups excluding carboxylic acids is 2. The zero-order valence-corrected chi connectivity index (χ0v) is 8.48. The Hall–Kier alpha value is -0.360. The van der Waals surface area contributed by atoms with E-state index in [4.69, 9.17) is 0 Å². The van der Waals surface area contributed by atoms with Crippen LogP contribution in [0.2, 0.25) is 0 Å². The lowest BCUT2D eigenvalue weighted by atomic mass is 10.6. The van der Waals surface area contributed by atoms with Crippen LogP contribution in [-0.4, -0.2) is 35.1 Å². The van der Waals surface area contributed by atoms with Gasteiger partial charge in [0.25, 0.3) is 0 Å². The van der Waals surface area contributed by atoms with Gasteiger partial charge in [0, 0.05) is 0 Å². The molecule has 0 N–H and O–H groups in total. The van der Waals surface area contributed by atoms with E-state index in [0.717, 1.165) is 4.31 Å². The molecule has 0 atom stereocenters. The molecule has 0 aromatic rings. The average molecular weight is 209 g/mol. The van der Waals surface area contributed by atoms with Gasteiger partial charge in [-0.1, -0.05) is 12.8 Å². The Morgan fingerprint density at radius 3 is 2.50 bits per heavy atom. The van der Waals surface area contributed by atoms with Gasteiger partial charge in [-0.2, -0.15) is 12.6 Å². The van der Waals surface area contributed by atoms with Crippen LogP contribution in [0, 0.1) is 0 Å². The average Bonchev–Trinajstić information content (AvgIpc) is 2.03. The summed E-state index contributed by atoms with van der Waals surface area (Å²) in [5.74, 6) is -0.763. The summed E-state index contributed by atoms with van der Waals surface area (Å²) >= 11 is 7.51. The Kier molecular flexibility index (Phi) is 6.00. The van der Waals surface area contributed by atoms with Crippen LogP contribution in [0.1, 0.15) is 6.92 Å². The second-order valence-corrected chi connectivity index (χ2v) is 2.71. The molecule has 0 rings (SSSR count). The third-order valence-electron chi connectivity index (χ3n) is 1.01. The minimum absolute atomic E-state index is 0.0307. The fraction of sp³-hybridized carbons (Fsp3) is 0.667. The van der Waals surface area contributed by atoms with E-state index in [2.05, 4.69) is 30.2 Å². The van der Waals surface area contributed by atoms with Gasteiger partial charge in [0.15, 0.2) is 0 Å². The highest BCUT2D eigenvalue weighted by molar-refractivity contribution is 7.81. The normalized spacial score (nSPS) is 9.25. The summed E-state index contributed by atoms with van der Waals surface area (Å²) < 4.78 is 5.58. The molecule has 12 heavy (non-hydrogen) atoms. The quantitative estimate of drug-likeness (QED) is 0.512. The summed E-state index contributed by atoms with van der Waals surface area (Å²) in [4.78, 5) is 21.6. The van der Waals surface area contributed by atoms with Gasteiger partial charge in [0.05, 0.1) is 12.4 Å². The molecule has 0 saturated heterocycles. The minimum Gasteiger partial charge on any atom is -0.465 e. The van der Waals surface area contributed by atoms with Crippen LogP contribution in [0.15, 0.2) is 0 Å². The van der Waals surface area contributed by atoms with Crippen LogP contribution in [0.25, 0.3) is 0 Å². The van der Waals surface area contributed by atoms with E-state index in [1.165, 1.54) is 0 Å². The number of hydrogen-bond donors (Lipinski definition) is 2. The van der Waals surface area contributed by atoms with E-state index in [9.17, 15) is 9.59 Å². The van der Waals surface area contributed by atoms with Crippen molar-refractivity contribution in [3.8, 4) is 0 Å². The zero-order chi connectivity index (χ0) is 9.56. The molecule has 70 valence electrons. The molecule has 0 aliphatic carbocycles. The molecule has 0 bridgehead atoms. The maximum atomic E-state index is 10.8. The SMILES string of the molecule is CCOC(=O)CN(S)C(=O)CS. The fourth-order valence-electron chi connectivity index (χ4n) is 0.499. The van der Waals surface area contributed by atoms with Crippen molar-refractivity contribution >= 4 is 37.3 Å². The monoisotopic (exact) mass is 209 g/mol. The highest BCUT2D eigenvalue weighted by Gasteiger charge is 2.12. The van der Waals surface area contributed by atoms with E-state index in [1.54, 1.807) is 6.92 Å². The number of hydrogen-bond acceptors (Lipinski definition) is 5. The van der Waals surface area contributed by atoms with Gasteiger partial charge in [0.2, 0.25) is 5.91 Å². The Morgan fingerprint density at radius 1 is 1.50 bits per heavy atom. The molecule has 0 aliphatic heterocycles. The summed E-state index contributed by atoms with van der Waals surface area (Å²) in [5, 5.41) is 0. The molecule has 0 heterocycles. The Labute approximate surface area is 82.2 Å². The number of rotatable bonds is 4. The van der Waals surface area contributed by atoms with Gasteiger partial charge < -0.3 is 4.74 Å². The van der Waals surface area contributed by atoms with Crippen molar-refractivity contribution in [1.82, 2.24) is 4.31 Å². The molecule has 4 nitrogen and oxygen atoms in total. The summed E-state index contributed by atoms with van der Waals surface area (Å²) in [5.41, 5.74) is 0. The van der Waals surface area contributed by atoms with E-state index < -0.39 is 5.97 Å². The summed E-state index contributed by atoms with van der Waals surface area (Å²) in [6.45, 7) is 1.85. The molecular weight excluding hydrogens is 198 g/mol. The van der Waals surface area contributed by atoms with Crippen LogP contribution in [-0.2, 0) is 14.3 Å². The molecule has 0 unspecified atom stereocenters. The molecule has 6 heteroatoms. The van der Waals surface area contributed by atoms with Gasteiger partial charge in [-0.25, -0.2) is 0 Å². The molecule has 0 spiro atoms. The van der Waals surface area contributed by atoms with Crippen LogP contribution < -0.4 is 0 Å². The van der Waals surface area contributed by atoms with Gasteiger partial charge in [-0.15, -0.1) is 0 Å². The molecule has 1 amide bonds. The highest BCUT2D eigenvalue weighted by atomic mass is 32.1. The number of nitrogens with zero attached hydrogens (tertiary/aromatic N) is 1. The smallest absolute Gasteiger partial charge is 0.326 e. The largest absolute Gasteiger partial charge is 0.465 e. The highest BCUT2D eigenvalue weighted by Crippen LogP contribution is 1.96. The number of carbonyl (C=O) groups is 2. The van der Waals surface area contributed by atoms with Crippen molar-refractivity contribution in [2.45, 2.75) is 6.92 Å². The predicted molar refractivity (Wildman–Crippen MR) is 51.2 cm³/mol. The lowest BCUT2D eigenvalue weighted by Gasteiger charge is -2.12. The summed E-state index contributed by atoms with van der Waals surface area (Å²) in [7, 11) is 0. The van der Waals surface area contributed by atoms with Crippen molar-refractivity contribution in [1.29, 1.82) is 0 Å². The molecule has 0 saturated carbocycles. The number of amides is 1. The summed E-state index contributed by atoms with van der Waals surface area (Å²) in [6.07, 6.45) is 0. The molecule has 0 radical (unpaired) electrons. The van der Waals surface area contributed by atoms with Crippen LogP contribution in [0.4, 0.5) is 0 Å². The van der Waals surface area contributed by atoms with Crippen LogP contribution in [0.3, 0.4) is 0 Å². The van der Waals surface area contributed by atoms with Crippen LogP contribution in [0.5, 0.6) is 0 Å². The maximum absolute atomic E-state index is 10.8. The Balaban J connectivity index is 3.75. The summed E-state index contributed by atoms with van der Waals surface area (Å²) in [6, 6.07) is 0. The van der Waals surface area contributed by atoms with Crippen molar-refractivity contribution in [3.63, 3.8) is 0 Å². The van der Waals surface area contributed by atoms with E-state index in [0.29, 0.717) is 6.61 Å². The van der Waals surface area contributed by atoms with E-state index in [1.807, 2.05) is 0 Å². The third kappa shape index (κ3) is 4.50. The zero-order valence-electron chi connectivity index (χ0n) is 6.69. The molecule has 0 aliphatic rings. The number of thiol groups is 2. The first-order valence-electron chi connectivity index (χ1n) is 3.37.